The van der Waals surface area contributed by atoms with Crippen LogP contribution < -0.4 is 15.7 Å². The number of benzene rings is 1. The molecule has 9 nitrogen and oxygen atoms in total. The fraction of sp³-hybridized carbons (Fsp3) is 0.375. The van der Waals surface area contributed by atoms with Crippen molar-refractivity contribution in [3.63, 3.8) is 0 Å². The van der Waals surface area contributed by atoms with E-state index in [2.05, 4.69) is 10.6 Å². The van der Waals surface area contributed by atoms with Crippen LogP contribution in [0.5, 0.6) is 5.75 Å². The van der Waals surface area contributed by atoms with Crippen LogP contribution in [0.25, 0.3) is 0 Å². The molecule has 0 fully saturated rings. The molecule has 0 aromatic heterocycles. The number of nitro benzene ring substituents is 1. The van der Waals surface area contributed by atoms with Crippen LogP contribution in [0.15, 0.2) is 29.5 Å². The van der Waals surface area contributed by atoms with Gasteiger partial charge in [-0.2, -0.15) is 11.8 Å². The van der Waals surface area contributed by atoms with Crippen molar-refractivity contribution in [2.75, 3.05) is 18.1 Å². The third-order valence-electron chi connectivity index (χ3n) is 3.67. The third-order valence-corrected chi connectivity index (χ3v) is 4.53. The first kappa shape index (κ1) is 19.6. The molecular formula is C16H18N3O6S-. The molecule has 0 unspecified atom stereocenters. The van der Waals surface area contributed by atoms with Gasteiger partial charge in [0.05, 0.1) is 16.5 Å². The van der Waals surface area contributed by atoms with E-state index in [1.807, 2.05) is 6.92 Å². The summed E-state index contributed by atoms with van der Waals surface area (Å²) in [7, 11) is 0. The maximum absolute atomic E-state index is 12.5. The standard InChI is InChI=1S/C16H19N3O6S/c1-3-26-7-6-25-15(21)13-9(2)17-16(22)18-14(13)10-4-5-12(20)11(8-10)19(23)24/h4-5,8,14,20H,3,6-7H2,1-2H3,(H2,17,18,22)/p-1/t14-/m1/s1. The lowest BCUT2D eigenvalue weighted by Crippen LogP contribution is -2.45. The number of allylic oxidation sites excluding steroid dienone is 1. The molecule has 0 spiro atoms. The first-order valence-electron chi connectivity index (χ1n) is 7.83. The van der Waals surface area contributed by atoms with Crippen molar-refractivity contribution >= 4 is 29.4 Å². The van der Waals surface area contributed by atoms with E-state index < -0.39 is 34.4 Å². The van der Waals surface area contributed by atoms with Crippen molar-refractivity contribution in [3.05, 3.63) is 45.1 Å². The van der Waals surface area contributed by atoms with Crippen LogP contribution in [0.1, 0.15) is 25.5 Å². The summed E-state index contributed by atoms with van der Waals surface area (Å²) < 4.78 is 5.24. The first-order valence-corrected chi connectivity index (χ1v) is 8.99. The Morgan fingerprint density at radius 3 is 2.81 bits per heavy atom. The summed E-state index contributed by atoms with van der Waals surface area (Å²) in [5, 5.41) is 27.6. The molecule has 0 saturated heterocycles. The van der Waals surface area contributed by atoms with Crippen LogP contribution in [0.4, 0.5) is 10.5 Å². The van der Waals surface area contributed by atoms with Gasteiger partial charge < -0.3 is 20.5 Å². The average molecular weight is 380 g/mol. The number of rotatable bonds is 7. The van der Waals surface area contributed by atoms with Gasteiger partial charge in [-0.3, -0.25) is 10.1 Å². The number of carbonyl (C=O) groups is 2. The van der Waals surface area contributed by atoms with Crippen LogP contribution in [-0.4, -0.2) is 35.0 Å². The minimum atomic E-state index is -0.950. The SMILES string of the molecule is CCSCCOC(=O)C1=C(C)NC(=O)N[C@@H]1c1ccc([O-])c([N+](=O)[O-])c1. The minimum Gasteiger partial charge on any atom is -0.868 e. The zero-order valence-corrected chi connectivity index (χ0v) is 15.1. The molecule has 2 N–H and O–H groups in total. The van der Waals surface area contributed by atoms with Crippen LogP contribution in [0.3, 0.4) is 0 Å². The number of carbonyl (C=O) groups excluding carboxylic acids is 2. The summed E-state index contributed by atoms with van der Waals surface area (Å²) in [5.41, 5.74) is 0.0557. The number of urea groups is 1. The molecule has 0 saturated carbocycles. The van der Waals surface area contributed by atoms with E-state index in [4.69, 9.17) is 4.74 Å². The smallest absolute Gasteiger partial charge is 0.338 e. The van der Waals surface area contributed by atoms with Crippen molar-refractivity contribution < 1.29 is 24.4 Å². The van der Waals surface area contributed by atoms with Gasteiger partial charge in [-0.25, -0.2) is 9.59 Å². The van der Waals surface area contributed by atoms with E-state index in [1.54, 1.807) is 18.7 Å². The Kier molecular flexibility index (Phi) is 6.45. The minimum absolute atomic E-state index is 0.138. The van der Waals surface area contributed by atoms with E-state index in [1.165, 1.54) is 6.07 Å². The highest BCUT2D eigenvalue weighted by Crippen LogP contribution is 2.32. The van der Waals surface area contributed by atoms with Crippen molar-refractivity contribution in [3.8, 4) is 5.75 Å². The molecule has 1 aliphatic heterocycles. The molecule has 0 radical (unpaired) electrons. The second-order valence-corrected chi connectivity index (χ2v) is 6.78. The van der Waals surface area contributed by atoms with Gasteiger partial charge in [0.25, 0.3) is 5.69 Å². The number of nitrogens with zero attached hydrogens (tertiary/aromatic N) is 1. The largest absolute Gasteiger partial charge is 0.868 e. The van der Waals surface area contributed by atoms with Gasteiger partial charge in [-0.15, -0.1) is 0 Å². The second-order valence-electron chi connectivity index (χ2n) is 5.39. The highest BCUT2D eigenvalue weighted by atomic mass is 32.2. The quantitative estimate of drug-likeness (QED) is 0.317. The van der Waals surface area contributed by atoms with Crippen molar-refractivity contribution in [1.82, 2.24) is 10.6 Å². The summed E-state index contributed by atoms with van der Waals surface area (Å²) in [4.78, 5) is 34.5. The van der Waals surface area contributed by atoms with Gasteiger partial charge >= 0.3 is 12.0 Å². The van der Waals surface area contributed by atoms with Gasteiger partial charge in [0.2, 0.25) is 0 Å². The summed E-state index contributed by atoms with van der Waals surface area (Å²) in [5.74, 6) is 0.145. The lowest BCUT2D eigenvalue weighted by atomic mass is 9.95. The molecule has 10 heteroatoms. The number of nitrogens with one attached hydrogen (secondary N) is 2. The number of hydrogen-bond acceptors (Lipinski definition) is 7. The Labute approximate surface area is 153 Å². The molecule has 1 atom stereocenters. The number of nitro groups is 1. The van der Waals surface area contributed by atoms with Crippen LogP contribution in [0, 0.1) is 10.1 Å². The normalized spacial score (nSPS) is 16.7. The molecule has 2 rings (SSSR count). The predicted molar refractivity (Wildman–Crippen MR) is 93.6 cm³/mol. The topological polar surface area (TPSA) is 134 Å². The van der Waals surface area contributed by atoms with Crippen LogP contribution in [-0.2, 0) is 9.53 Å². The highest BCUT2D eigenvalue weighted by molar-refractivity contribution is 7.99. The van der Waals surface area contributed by atoms with Crippen LogP contribution >= 0.6 is 11.8 Å². The van der Waals surface area contributed by atoms with Crippen molar-refractivity contribution in [2.24, 2.45) is 0 Å². The zero-order chi connectivity index (χ0) is 19.3. The van der Waals surface area contributed by atoms with Gasteiger partial charge in [0, 0.05) is 17.5 Å². The van der Waals surface area contributed by atoms with Gasteiger partial charge in [0.15, 0.2) is 0 Å². The van der Waals surface area contributed by atoms with Gasteiger partial charge in [0.1, 0.15) is 6.61 Å². The molecule has 140 valence electrons. The predicted octanol–water partition coefficient (Wildman–Crippen LogP) is 1.59. The number of thioether (sulfide) groups is 1. The number of esters is 1. The van der Waals surface area contributed by atoms with E-state index in [9.17, 15) is 24.8 Å². The molecule has 1 heterocycles. The Balaban J connectivity index is 2.33. The third kappa shape index (κ3) is 4.45. The average Bonchev–Trinajstić information content (AvgIpc) is 2.58. The molecule has 1 aromatic rings. The maximum atomic E-state index is 12.5. The van der Waals surface area contributed by atoms with Crippen molar-refractivity contribution in [2.45, 2.75) is 19.9 Å². The van der Waals surface area contributed by atoms with E-state index in [-0.39, 0.29) is 17.7 Å². The van der Waals surface area contributed by atoms with Gasteiger partial charge in [-0.05, 0) is 24.0 Å². The fourth-order valence-corrected chi connectivity index (χ4v) is 2.98. The summed E-state index contributed by atoms with van der Waals surface area (Å²) in [6, 6.07) is 1.94. The lowest BCUT2D eigenvalue weighted by Gasteiger charge is -2.28. The monoisotopic (exact) mass is 380 g/mol. The Hall–Kier alpha value is -2.75. The van der Waals surface area contributed by atoms with Gasteiger partial charge in [-0.1, -0.05) is 19.1 Å². The van der Waals surface area contributed by atoms with E-state index in [0.29, 0.717) is 11.4 Å². The molecule has 1 aromatic carbocycles. The number of amides is 2. The highest BCUT2D eigenvalue weighted by Gasteiger charge is 2.33. The molecule has 0 bridgehead atoms. The van der Waals surface area contributed by atoms with Crippen LogP contribution in [0.2, 0.25) is 0 Å². The zero-order valence-electron chi connectivity index (χ0n) is 14.2. The fourth-order valence-electron chi connectivity index (χ4n) is 2.49. The maximum Gasteiger partial charge on any atom is 0.338 e. The second kappa shape index (κ2) is 8.56. The first-order chi connectivity index (χ1) is 12.3. The number of ether oxygens (including phenoxy) is 1. The van der Waals surface area contributed by atoms with E-state index >= 15 is 0 Å². The Morgan fingerprint density at radius 1 is 1.42 bits per heavy atom. The molecule has 0 aliphatic carbocycles. The molecule has 26 heavy (non-hydrogen) atoms. The van der Waals surface area contributed by atoms with E-state index in [0.717, 1.165) is 17.9 Å². The molecule has 2 amide bonds. The summed E-state index contributed by atoms with van der Waals surface area (Å²) in [6.45, 7) is 3.73. The number of hydrogen-bond donors (Lipinski definition) is 2. The molecule has 1 aliphatic rings. The van der Waals surface area contributed by atoms with Crippen molar-refractivity contribution in [1.29, 1.82) is 0 Å². The molecular weight excluding hydrogens is 362 g/mol. The summed E-state index contributed by atoms with van der Waals surface area (Å²) >= 11 is 1.61. The Morgan fingerprint density at radius 2 is 2.15 bits per heavy atom. The summed E-state index contributed by atoms with van der Waals surface area (Å²) in [6.07, 6.45) is 0. The lowest BCUT2D eigenvalue weighted by molar-refractivity contribution is -0.398. The Bertz CT molecular complexity index is 764.